The summed E-state index contributed by atoms with van der Waals surface area (Å²) in [6.07, 6.45) is 4.76. The first-order valence-electron chi connectivity index (χ1n) is 15.9. The van der Waals surface area contributed by atoms with E-state index < -0.39 is 0 Å². The number of carbonyl (C=O) groups is 1. The molecular weight excluding hydrogens is 558 g/mol. The number of carbonyl (C=O) groups excluding carboxylic acids is 1. The highest BCUT2D eigenvalue weighted by atomic mass is 32.1. The van der Waals surface area contributed by atoms with Gasteiger partial charge in [0.15, 0.2) is 0 Å². The summed E-state index contributed by atoms with van der Waals surface area (Å²) in [5.41, 5.74) is 5.92. The quantitative estimate of drug-likeness (QED) is 0.256. The molecule has 0 aliphatic carbocycles. The third kappa shape index (κ3) is 6.17. The van der Waals surface area contributed by atoms with Crippen LogP contribution < -0.4 is 0 Å². The van der Waals surface area contributed by atoms with Crippen LogP contribution in [-0.2, 0) is 23.1 Å². The Balaban J connectivity index is 1.22. The molecule has 0 spiro atoms. The highest BCUT2D eigenvalue weighted by Gasteiger charge is 2.34. The Bertz CT molecular complexity index is 1570. The Labute approximate surface area is 258 Å². The smallest absolute Gasteiger partial charge is 0.227 e. The molecule has 2 N–H and O–H groups in total. The first kappa shape index (κ1) is 30.0. The van der Waals surface area contributed by atoms with Gasteiger partial charge in [0.05, 0.1) is 17.2 Å². The van der Waals surface area contributed by atoms with Crippen molar-refractivity contribution in [1.82, 2.24) is 25.0 Å². The van der Waals surface area contributed by atoms with Gasteiger partial charge in [0.2, 0.25) is 17.7 Å². The van der Waals surface area contributed by atoms with Gasteiger partial charge in [-0.2, -0.15) is 0 Å². The Morgan fingerprint density at radius 3 is 2.51 bits per heavy atom. The minimum atomic E-state index is -0.388. The van der Waals surface area contributed by atoms with E-state index in [1.807, 2.05) is 11.8 Å². The summed E-state index contributed by atoms with van der Waals surface area (Å²) in [6, 6.07) is 9.10. The topological polar surface area (TPSA) is 98.5 Å². The molecule has 0 saturated carbocycles. The number of aromatic amines is 1. The van der Waals surface area contributed by atoms with Crippen LogP contribution in [0.4, 0.5) is 0 Å². The van der Waals surface area contributed by atoms with Crippen LogP contribution in [0.3, 0.4) is 0 Å². The second kappa shape index (κ2) is 12.2. The summed E-state index contributed by atoms with van der Waals surface area (Å²) in [5, 5.41) is 19.9. The maximum Gasteiger partial charge on any atom is 0.227 e. The number of thiophene rings is 1. The number of nitrogens with one attached hydrogen (secondary N) is 1. The van der Waals surface area contributed by atoms with Crippen molar-refractivity contribution in [3.8, 4) is 11.3 Å². The van der Waals surface area contributed by atoms with E-state index in [1.165, 1.54) is 43.0 Å². The lowest BCUT2D eigenvalue weighted by molar-refractivity contribution is -0.140. The minimum Gasteiger partial charge on any atom is -0.424 e. The summed E-state index contributed by atoms with van der Waals surface area (Å²) in [4.78, 5) is 23.7. The van der Waals surface area contributed by atoms with Crippen LogP contribution in [0.15, 0.2) is 28.7 Å². The SMILES string of the molecule is CCc1nnc(C(C)(C)c2cc3c(CCN4CCC(C(=O)N5CCC[C@H](O)C5)CC4)c(-c4cc(C)cc(C)c4)[nH]c3s2)o1. The van der Waals surface area contributed by atoms with E-state index in [-0.39, 0.29) is 23.3 Å². The van der Waals surface area contributed by atoms with Crippen molar-refractivity contribution in [2.75, 3.05) is 32.7 Å². The molecule has 2 fully saturated rings. The molecule has 2 aliphatic heterocycles. The fraction of sp³-hybridized carbons (Fsp3) is 0.559. The summed E-state index contributed by atoms with van der Waals surface area (Å²) in [7, 11) is 0. The monoisotopic (exact) mass is 603 g/mol. The predicted octanol–water partition coefficient (Wildman–Crippen LogP) is 6.02. The molecule has 9 heteroatoms. The normalized spacial score (nSPS) is 19.0. The van der Waals surface area contributed by atoms with Gasteiger partial charge in [-0.05, 0) is 102 Å². The second-order valence-electron chi connectivity index (χ2n) is 13.1. The van der Waals surface area contributed by atoms with Gasteiger partial charge in [-0.1, -0.05) is 24.1 Å². The van der Waals surface area contributed by atoms with Gasteiger partial charge in [-0.3, -0.25) is 4.79 Å². The molecule has 2 aliphatic rings. The molecule has 230 valence electrons. The van der Waals surface area contributed by atoms with Crippen LogP contribution in [0.2, 0.25) is 0 Å². The van der Waals surface area contributed by atoms with Crippen LogP contribution in [0.25, 0.3) is 21.5 Å². The number of hydrogen-bond acceptors (Lipinski definition) is 7. The average Bonchev–Trinajstić information content (AvgIpc) is 3.71. The van der Waals surface area contributed by atoms with E-state index in [4.69, 9.17) is 4.42 Å². The molecule has 0 unspecified atom stereocenters. The van der Waals surface area contributed by atoms with Crippen molar-refractivity contribution in [3.05, 3.63) is 57.6 Å². The van der Waals surface area contributed by atoms with Gasteiger partial charge in [0, 0.05) is 42.2 Å². The van der Waals surface area contributed by atoms with Gasteiger partial charge in [-0.15, -0.1) is 21.5 Å². The van der Waals surface area contributed by atoms with E-state index in [0.717, 1.165) is 64.7 Å². The van der Waals surface area contributed by atoms with E-state index in [9.17, 15) is 9.90 Å². The highest BCUT2D eigenvalue weighted by Crippen LogP contribution is 2.42. The third-order valence-corrected chi connectivity index (χ3v) is 10.7. The molecule has 1 atom stereocenters. The van der Waals surface area contributed by atoms with Crippen LogP contribution in [0.1, 0.15) is 79.8 Å². The van der Waals surface area contributed by atoms with Crippen molar-refractivity contribution >= 4 is 27.5 Å². The molecule has 3 aromatic heterocycles. The zero-order valence-corrected chi connectivity index (χ0v) is 27.0. The van der Waals surface area contributed by atoms with Crippen molar-refractivity contribution < 1.29 is 14.3 Å². The summed E-state index contributed by atoms with van der Waals surface area (Å²) >= 11 is 1.78. The van der Waals surface area contributed by atoms with Gasteiger partial charge < -0.3 is 24.3 Å². The number of β-amino-alcohol motifs (C(OH)–C–C–N with tert-alkyl or cyclic N) is 1. The predicted molar refractivity (Wildman–Crippen MR) is 172 cm³/mol. The molecule has 0 bridgehead atoms. The largest absolute Gasteiger partial charge is 0.424 e. The van der Waals surface area contributed by atoms with Crippen LogP contribution in [-0.4, -0.2) is 74.8 Å². The number of hydrogen-bond donors (Lipinski definition) is 2. The average molecular weight is 604 g/mol. The third-order valence-electron chi connectivity index (χ3n) is 9.35. The fourth-order valence-electron chi connectivity index (χ4n) is 6.81. The standard InChI is InChI=1S/C34H45N5O3S/c1-6-29-36-37-33(42-29)34(4,5)28-19-27-26(30(35-31(27)43-28)24-17-21(2)16-22(3)18-24)11-15-38-13-9-23(10-14-38)32(41)39-12-7-8-25(40)20-39/h16-19,23,25,35,40H,6-15,20H2,1-5H3/t25-/m0/s1. The number of likely N-dealkylation sites (tertiary alicyclic amines) is 2. The lowest BCUT2D eigenvalue weighted by Gasteiger charge is -2.36. The number of H-pyrrole nitrogens is 1. The molecule has 1 amide bonds. The van der Waals surface area contributed by atoms with E-state index >= 15 is 0 Å². The Morgan fingerprint density at radius 1 is 1.09 bits per heavy atom. The number of fused-ring (bicyclic) bond motifs is 1. The number of piperidine rings is 2. The van der Waals surface area contributed by atoms with E-state index in [2.05, 4.69) is 72.0 Å². The molecule has 2 saturated heterocycles. The first-order chi connectivity index (χ1) is 20.6. The minimum absolute atomic E-state index is 0.0749. The number of nitrogens with zero attached hydrogens (tertiary/aromatic N) is 4. The van der Waals surface area contributed by atoms with Crippen LogP contribution in [0, 0.1) is 19.8 Å². The van der Waals surface area contributed by atoms with Gasteiger partial charge >= 0.3 is 0 Å². The van der Waals surface area contributed by atoms with E-state index in [0.29, 0.717) is 18.3 Å². The molecule has 43 heavy (non-hydrogen) atoms. The molecule has 5 heterocycles. The van der Waals surface area contributed by atoms with Crippen molar-refractivity contribution in [1.29, 1.82) is 0 Å². The van der Waals surface area contributed by atoms with Gasteiger partial charge in [0.1, 0.15) is 4.83 Å². The first-order valence-corrected chi connectivity index (χ1v) is 16.7. The van der Waals surface area contributed by atoms with Gasteiger partial charge in [0.25, 0.3) is 0 Å². The number of aryl methyl sites for hydroxylation is 3. The lowest BCUT2D eigenvalue weighted by Crippen LogP contribution is -2.47. The molecule has 6 rings (SSSR count). The highest BCUT2D eigenvalue weighted by molar-refractivity contribution is 7.18. The van der Waals surface area contributed by atoms with E-state index in [1.54, 1.807) is 11.3 Å². The number of aliphatic hydroxyl groups excluding tert-OH is 1. The molecule has 0 radical (unpaired) electrons. The van der Waals surface area contributed by atoms with Crippen molar-refractivity contribution in [2.45, 2.75) is 84.7 Å². The summed E-state index contributed by atoms with van der Waals surface area (Å²) in [5.74, 6) is 1.64. The molecular formula is C34H45N5O3S. The summed E-state index contributed by atoms with van der Waals surface area (Å²) in [6.45, 7) is 14.8. The fourth-order valence-corrected chi connectivity index (χ4v) is 7.99. The zero-order valence-electron chi connectivity index (χ0n) is 26.2. The maximum atomic E-state index is 13.1. The van der Waals surface area contributed by atoms with Crippen molar-refractivity contribution in [2.24, 2.45) is 5.92 Å². The lowest BCUT2D eigenvalue weighted by atomic mass is 9.90. The van der Waals surface area contributed by atoms with Crippen LogP contribution >= 0.6 is 11.3 Å². The molecule has 1 aromatic carbocycles. The zero-order chi connectivity index (χ0) is 30.3. The van der Waals surface area contributed by atoms with Crippen molar-refractivity contribution in [3.63, 3.8) is 0 Å². The Morgan fingerprint density at radius 2 is 1.84 bits per heavy atom. The molecule has 8 nitrogen and oxygen atoms in total. The molecule has 4 aromatic rings. The van der Waals surface area contributed by atoms with Crippen LogP contribution in [0.5, 0.6) is 0 Å². The Kier molecular flexibility index (Phi) is 8.50. The van der Waals surface area contributed by atoms with Gasteiger partial charge in [-0.25, -0.2) is 0 Å². The summed E-state index contributed by atoms with van der Waals surface area (Å²) < 4.78 is 6.00. The number of rotatable bonds is 8. The number of aliphatic hydroxyl groups is 1. The number of benzene rings is 1. The second-order valence-corrected chi connectivity index (χ2v) is 14.2. The maximum absolute atomic E-state index is 13.1. The number of amides is 1. The number of aromatic nitrogens is 3. The Hall–Kier alpha value is -3.01.